The zero-order chi connectivity index (χ0) is 25.7. The molecule has 0 aromatic carbocycles. The Morgan fingerprint density at radius 2 is 2.17 bits per heavy atom. The minimum atomic E-state index is -0.431. The monoisotopic (exact) mass is 512 g/mol. The van der Waals surface area contributed by atoms with Crippen LogP contribution in [0.3, 0.4) is 0 Å². The molecule has 4 rings (SSSR count). The maximum atomic E-state index is 12.8. The first kappa shape index (κ1) is 26.3. The topological polar surface area (TPSA) is 111 Å². The molecule has 36 heavy (non-hydrogen) atoms. The lowest BCUT2D eigenvalue weighted by Gasteiger charge is -2.32. The molecule has 8 nitrogen and oxygen atoms in total. The van der Waals surface area contributed by atoms with E-state index < -0.39 is 5.62 Å². The molecule has 0 saturated carbocycles. The molecule has 2 aliphatic carbocycles. The summed E-state index contributed by atoms with van der Waals surface area (Å²) in [6.07, 6.45) is 12.9. The standard InChI is InChI=1S/C27H37ClN6O2/c1-16(2)21-12-18(14-29)13-22-24(21)36-26(33-22)20-6-4-19(5-7-20)25(35)32-15-17(3)8-10-30-23-9-11-31-27(28)34-23/h4,6,9,11-12,16-17,19-22,24,27,30,34H,5,7-8,10,13,15H2,1-3H3,(H,32,35). The molecule has 0 spiro atoms. The quantitative estimate of drug-likeness (QED) is 0.248. The van der Waals surface area contributed by atoms with Crippen molar-refractivity contribution in [2.75, 3.05) is 13.1 Å². The van der Waals surface area contributed by atoms with Crippen LogP contribution in [0.25, 0.3) is 0 Å². The van der Waals surface area contributed by atoms with Crippen molar-refractivity contribution in [1.82, 2.24) is 16.0 Å². The van der Waals surface area contributed by atoms with Gasteiger partial charge in [-0.1, -0.05) is 50.6 Å². The van der Waals surface area contributed by atoms with Crippen molar-refractivity contribution in [3.05, 3.63) is 35.7 Å². The molecular weight excluding hydrogens is 476 g/mol. The summed E-state index contributed by atoms with van der Waals surface area (Å²) < 4.78 is 6.35. The van der Waals surface area contributed by atoms with E-state index in [0.29, 0.717) is 24.8 Å². The number of aliphatic imine (C=N–C) groups is 2. The minimum Gasteiger partial charge on any atom is -0.474 e. The van der Waals surface area contributed by atoms with Crippen LogP contribution in [-0.2, 0) is 9.53 Å². The first-order valence-corrected chi connectivity index (χ1v) is 13.5. The largest absolute Gasteiger partial charge is 0.474 e. The molecule has 9 heteroatoms. The maximum Gasteiger partial charge on any atom is 0.226 e. The average Bonchev–Trinajstić information content (AvgIpc) is 3.31. The number of alkyl halides is 1. The lowest BCUT2D eigenvalue weighted by molar-refractivity contribution is -0.124. The molecule has 0 bridgehead atoms. The smallest absolute Gasteiger partial charge is 0.226 e. The zero-order valence-electron chi connectivity index (χ0n) is 21.3. The third-order valence-electron chi connectivity index (χ3n) is 7.37. The van der Waals surface area contributed by atoms with Crippen molar-refractivity contribution in [3.63, 3.8) is 0 Å². The number of amides is 1. The highest BCUT2D eigenvalue weighted by Gasteiger charge is 2.43. The van der Waals surface area contributed by atoms with Crippen LogP contribution in [0.1, 0.15) is 46.5 Å². The molecule has 0 aromatic rings. The number of allylic oxidation sites excluding steroid dienone is 1. The third-order valence-corrected chi connectivity index (χ3v) is 7.59. The van der Waals surface area contributed by atoms with Crippen LogP contribution in [0.4, 0.5) is 0 Å². The Bertz CT molecular complexity index is 1010. The second-order valence-corrected chi connectivity index (χ2v) is 11.0. The SMILES string of the molecule is CC(CCNC1=CC=NC(Cl)N1)CNC(=O)C1C=CC(C2=NC3CC(C#N)=CC(C(C)C)C3O2)CC1. The molecular formula is C27H37ClN6O2. The Morgan fingerprint density at radius 1 is 1.33 bits per heavy atom. The van der Waals surface area contributed by atoms with E-state index in [4.69, 9.17) is 21.3 Å². The van der Waals surface area contributed by atoms with Gasteiger partial charge >= 0.3 is 0 Å². The Morgan fingerprint density at radius 3 is 2.86 bits per heavy atom. The van der Waals surface area contributed by atoms with E-state index in [1.54, 1.807) is 6.21 Å². The van der Waals surface area contributed by atoms with Crippen LogP contribution in [0.15, 0.2) is 45.7 Å². The number of halogens is 1. The van der Waals surface area contributed by atoms with Crippen molar-refractivity contribution in [3.8, 4) is 6.07 Å². The number of nitriles is 1. The van der Waals surface area contributed by atoms with Gasteiger partial charge in [-0.05, 0) is 37.2 Å². The summed E-state index contributed by atoms with van der Waals surface area (Å²) in [7, 11) is 0. The molecule has 194 valence electrons. The average molecular weight is 513 g/mol. The summed E-state index contributed by atoms with van der Waals surface area (Å²) in [5.41, 5.74) is 0.379. The van der Waals surface area contributed by atoms with Gasteiger partial charge in [-0.2, -0.15) is 5.26 Å². The van der Waals surface area contributed by atoms with Crippen molar-refractivity contribution >= 4 is 29.6 Å². The van der Waals surface area contributed by atoms with E-state index in [1.807, 2.05) is 12.2 Å². The first-order valence-electron chi connectivity index (χ1n) is 13.0. The van der Waals surface area contributed by atoms with Gasteiger partial charge in [0.2, 0.25) is 5.91 Å². The number of nitrogens with zero attached hydrogens (tertiary/aromatic N) is 3. The molecule has 3 N–H and O–H groups in total. The highest BCUT2D eigenvalue weighted by molar-refractivity contribution is 6.20. The normalized spacial score (nSPS) is 31.7. The Kier molecular flexibility index (Phi) is 8.73. The second kappa shape index (κ2) is 12.0. The van der Waals surface area contributed by atoms with Crippen molar-refractivity contribution in [1.29, 1.82) is 5.26 Å². The van der Waals surface area contributed by atoms with Crippen LogP contribution < -0.4 is 16.0 Å². The molecule has 0 saturated heterocycles. The number of hydrogen-bond acceptors (Lipinski definition) is 7. The molecule has 1 amide bonds. The molecule has 7 unspecified atom stereocenters. The maximum absolute atomic E-state index is 12.8. The molecule has 0 fully saturated rings. The van der Waals surface area contributed by atoms with Crippen LogP contribution in [-0.4, -0.2) is 48.9 Å². The van der Waals surface area contributed by atoms with E-state index in [-0.39, 0.29) is 35.8 Å². The van der Waals surface area contributed by atoms with E-state index in [9.17, 15) is 10.1 Å². The van der Waals surface area contributed by atoms with E-state index in [0.717, 1.165) is 43.1 Å². The van der Waals surface area contributed by atoms with Crippen LogP contribution >= 0.6 is 11.6 Å². The summed E-state index contributed by atoms with van der Waals surface area (Å²) in [6, 6.07) is 2.34. The summed E-state index contributed by atoms with van der Waals surface area (Å²) >= 11 is 5.94. The van der Waals surface area contributed by atoms with Gasteiger partial charge in [0.05, 0.1) is 23.9 Å². The van der Waals surface area contributed by atoms with Gasteiger partial charge in [0, 0.05) is 37.2 Å². The van der Waals surface area contributed by atoms with Crippen molar-refractivity contribution in [2.45, 2.75) is 64.2 Å². The number of hydrogen-bond donors (Lipinski definition) is 3. The number of carbonyl (C=O) groups excluding carboxylic acids is 1. The predicted molar refractivity (Wildman–Crippen MR) is 142 cm³/mol. The van der Waals surface area contributed by atoms with Gasteiger partial charge in [-0.15, -0.1) is 0 Å². The Hall–Kier alpha value is -2.79. The fourth-order valence-electron chi connectivity index (χ4n) is 5.16. The van der Waals surface area contributed by atoms with Crippen LogP contribution in [0.2, 0.25) is 0 Å². The van der Waals surface area contributed by atoms with E-state index in [1.165, 1.54) is 0 Å². The van der Waals surface area contributed by atoms with E-state index in [2.05, 4.69) is 59.9 Å². The number of ether oxygens (including phenoxy) is 1. The summed E-state index contributed by atoms with van der Waals surface area (Å²) in [6.45, 7) is 7.89. The van der Waals surface area contributed by atoms with Crippen molar-refractivity contribution in [2.24, 2.45) is 39.6 Å². The molecule has 2 heterocycles. The fourth-order valence-corrected chi connectivity index (χ4v) is 5.35. The van der Waals surface area contributed by atoms with Gasteiger partial charge in [0.1, 0.15) is 11.9 Å². The van der Waals surface area contributed by atoms with Crippen LogP contribution in [0.5, 0.6) is 0 Å². The fraction of sp³-hybridized carbons (Fsp3) is 0.630. The summed E-state index contributed by atoms with van der Waals surface area (Å²) in [5, 5.41) is 18.9. The van der Waals surface area contributed by atoms with Gasteiger partial charge in [-0.25, -0.2) is 4.99 Å². The van der Waals surface area contributed by atoms with Gasteiger partial charge in [0.25, 0.3) is 0 Å². The number of carbonyl (C=O) groups is 1. The Balaban J connectivity index is 1.21. The highest BCUT2D eigenvalue weighted by atomic mass is 35.5. The number of nitrogens with one attached hydrogen (secondary N) is 3. The minimum absolute atomic E-state index is 0.0113. The third kappa shape index (κ3) is 6.50. The lowest BCUT2D eigenvalue weighted by Crippen LogP contribution is -2.37. The van der Waals surface area contributed by atoms with Crippen LogP contribution in [0, 0.1) is 40.9 Å². The summed E-state index contributed by atoms with van der Waals surface area (Å²) in [5.74, 6) is 2.62. The lowest BCUT2D eigenvalue weighted by atomic mass is 9.79. The summed E-state index contributed by atoms with van der Waals surface area (Å²) in [4.78, 5) is 21.6. The number of fused-ring (bicyclic) bond motifs is 1. The molecule has 7 atom stereocenters. The number of rotatable bonds is 9. The molecule has 0 radical (unpaired) electrons. The molecule has 2 aliphatic heterocycles. The second-order valence-electron chi connectivity index (χ2n) is 10.5. The highest BCUT2D eigenvalue weighted by Crippen LogP contribution is 2.38. The predicted octanol–water partition coefficient (Wildman–Crippen LogP) is 3.63. The van der Waals surface area contributed by atoms with Crippen molar-refractivity contribution < 1.29 is 9.53 Å². The first-order chi connectivity index (χ1) is 17.3. The van der Waals surface area contributed by atoms with E-state index >= 15 is 0 Å². The molecule has 0 aromatic heterocycles. The van der Waals surface area contributed by atoms with Gasteiger partial charge < -0.3 is 20.7 Å². The van der Waals surface area contributed by atoms with Gasteiger partial charge in [0.15, 0.2) is 11.5 Å². The Labute approximate surface area is 219 Å². The molecule has 4 aliphatic rings. The van der Waals surface area contributed by atoms with Gasteiger partial charge in [-0.3, -0.25) is 9.79 Å². The zero-order valence-corrected chi connectivity index (χ0v) is 22.0.